The number of nitrogens with one attached hydrogen (secondary N) is 1. The molecular formula is C12H16F2N2O. The Bertz CT molecular complexity index is 419. The quantitative estimate of drug-likeness (QED) is 0.693. The lowest BCUT2D eigenvalue weighted by Crippen LogP contribution is -2.17. The number of hydrogen-bond acceptors (Lipinski definition) is 3. The highest BCUT2D eigenvalue weighted by Gasteiger charge is 2.41. The van der Waals surface area contributed by atoms with E-state index in [0.717, 1.165) is 18.9 Å². The van der Waals surface area contributed by atoms with Gasteiger partial charge in [-0.15, -0.1) is 0 Å². The van der Waals surface area contributed by atoms with Gasteiger partial charge in [0.25, 0.3) is 0 Å². The van der Waals surface area contributed by atoms with Gasteiger partial charge >= 0.3 is 0 Å². The summed E-state index contributed by atoms with van der Waals surface area (Å²) in [6.45, 7) is 0.718. The van der Waals surface area contributed by atoms with Crippen molar-refractivity contribution < 1.29 is 13.9 Å². The molecule has 1 aromatic rings. The summed E-state index contributed by atoms with van der Waals surface area (Å²) in [7, 11) is 0. The van der Waals surface area contributed by atoms with Crippen molar-refractivity contribution in [2.24, 2.45) is 5.41 Å². The minimum Gasteiger partial charge on any atom is -0.396 e. The topological polar surface area (TPSA) is 58.3 Å². The van der Waals surface area contributed by atoms with Crippen molar-refractivity contribution in [1.82, 2.24) is 0 Å². The standard InChI is InChI=1S/C12H16F2N2O/c13-8-5-9(14)11(15)10(6-8)16-7-12(1-2-12)3-4-17/h5-6,16-17H,1-4,7,15H2. The molecule has 3 nitrogen and oxygen atoms in total. The second-order valence-electron chi connectivity index (χ2n) is 4.68. The summed E-state index contributed by atoms with van der Waals surface area (Å²) in [5, 5.41) is 11.9. The Hall–Kier alpha value is -1.36. The Morgan fingerprint density at radius 2 is 2.06 bits per heavy atom. The average Bonchev–Trinajstić information content (AvgIpc) is 3.02. The van der Waals surface area contributed by atoms with Crippen LogP contribution in [0.15, 0.2) is 12.1 Å². The Labute approximate surface area is 98.6 Å². The SMILES string of the molecule is Nc1c(F)cc(F)cc1NCC1(CCO)CC1. The minimum absolute atomic E-state index is 0.0637. The number of halogens is 2. The van der Waals surface area contributed by atoms with Gasteiger partial charge in [-0.2, -0.15) is 0 Å². The lowest BCUT2D eigenvalue weighted by atomic mass is 10.0. The highest BCUT2D eigenvalue weighted by atomic mass is 19.1. The number of aliphatic hydroxyl groups is 1. The van der Waals surface area contributed by atoms with E-state index >= 15 is 0 Å². The van der Waals surface area contributed by atoms with E-state index in [-0.39, 0.29) is 23.4 Å². The molecule has 0 unspecified atom stereocenters. The maximum atomic E-state index is 13.2. The van der Waals surface area contributed by atoms with Crippen molar-refractivity contribution in [1.29, 1.82) is 0 Å². The first-order chi connectivity index (χ1) is 8.06. The van der Waals surface area contributed by atoms with E-state index in [0.29, 0.717) is 13.0 Å². The zero-order valence-electron chi connectivity index (χ0n) is 9.47. The van der Waals surface area contributed by atoms with Gasteiger partial charge in [0, 0.05) is 19.2 Å². The van der Waals surface area contributed by atoms with E-state index in [2.05, 4.69) is 5.32 Å². The summed E-state index contributed by atoms with van der Waals surface area (Å²) in [5.74, 6) is -1.40. The third-order valence-electron chi connectivity index (χ3n) is 3.35. The van der Waals surface area contributed by atoms with Crippen LogP contribution in [0.3, 0.4) is 0 Å². The van der Waals surface area contributed by atoms with Crippen LogP contribution >= 0.6 is 0 Å². The summed E-state index contributed by atoms with van der Waals surface area (Å²) < 4.78 is 26.2. The number of hydrogen-bond donors (Lipinski definition) is 3. The number of benzene rings is 1. The van der Waals surface area contributed by atoms with E-state index < -0.39 is 11.6 Å². The Kier molecular flexibility index (Phi) is 3.19. The van der Waals surface area contributed by atoms with Crippen molar-refractivity contribution in [3.8, 4) is 0 Å². The summed E-state index contributed by atoms with van der Waals surface area (Å²) in [5.41, 5.74) is 5.82. The van der Waals surface area contributed by atoms with E-state index in [1.807, 2.05) is 0 Å². The summed E-state index contributed by atoms with van der Waals surface area (Å²) in [6.07, 6.45) is 2.76. The van der Waals surface area contributed by atoms with Crippen LogP contribution in [-0.4, -0.2) is 18.3 Å². The zero-order chi connectivity index (χ0) is 12.5. The lowest BCUT2D eigenvalue weighted by Gasteiger charge is -2.17. The molecule has 0 aromatic heterocycles. The van der Waals surface area contributed by atoms with Crippen LogP contribution in [-0.2, 0) is 0 Å². The molecule has 0 spiro atoms. The Morgan fingerprint density at radius 1 is 1.35 bits per heavy atom. The molecule has 1 saturated carbocycles. The molecule has 0 atom stereocenters. The molecule has 1 aliphatic rings. The number of nitrogen functional groups attached to an aromatic ring is 1. The van der Waals surface area contributed by atoms with Gasteiger partial charge in [-0.25, -0.2) is 8.78 Å². The molecule has 0 amide bonds. The monoisotopic (exact) mass is 242 g/mol. The second-order valence-corrected chi connectivity index (χ2v) is 4.68. The smallest absolute Gasteiger partial charge is 0.151 e. The summed E-state index contributed by atoms with van der Waals surface area (Å²) >= 11 is 0. The molecule has 0 aliphatic heterocycles. The van der Waals surface area contributed by atoms with Gasteiger partial charge in [-0.1, -0.05) is 0 Å². The Balaban J connectivity index is 2.04. The van der Waals surface area contributed by atoms with Crippen molar-refractivity contribution in [2.75, 3.05) is 24.2 Å². The molecule has 1 aromatic carbocycles. The van der Waals surface area contributed by atoms with Crippen LogP contribution in [0.2, 0.25) is 0 Å². The van der Waals surface area contributed by atoms with Crippen LogP contribution in [0.4, 0.5) is 20.2 Å². The maximum absolute atomic E-state index is 13.2. The van der Waals surface area contributed by atoms with Crippen LogP contribution in [0.25, 0.3) is 0 Å². The number of anilines is 2. The van der Waals surface area contributed by atoms with Crippen molar-refractivity contribution >= 4 is 11.4 Å². The molecule has 0 heterocycles. The predicted octanol–water partition coefficient (Wildman–Crippen LogP) is 2.12. The molecule has 2 rings (SSSR count). The molecule has 4 N–H and O–H groups in total. The fourth-order valence-corrected chi connectivity index (χ4v) is 1.94. The fraction of sp³-hybridized carbons (Fsp3) is 0.500. The van der Waals surface area contributed by atoms with E-state index in [1.165, 1.54) is 6.07 Å². The van der Waals surface area contributed by atoms with Gasteiger partial charge in [0.05, 0.1) is 11.4 Å². The van der Waals surface area contributed by atoms with Crippen LogP contribution in [0.5, 0.6) is 0 Å². The van der Waals surface area contributed by atoms with Crippen molar-refractivity contribution in [3.63, 3.8) is 0 Å². The zero-order valence-corrected chi connectivity index (χ0v) is 9.47. The number of aliphatic hydroxyl groups excluding tert-OH is 1. The highest BCUT2D eigenvalue weighted by Crippen LogP contribution is 2.48. The number of rotatable bonds is 5. The van der Waals surface area contributed by atoms with Crippen LogP contribution in [0.1, 0.15) is 19.3 Å². The molecule has 0 saturated heterocycles. The molecule has 94 valence electrons. The van der Waals surface area contributed by atoms with E-state index in [4.69, 9.17) is 10.8 Å². The van der Waals surface area contributed by atoms with Crippen LogP contribution in [0, 0.1) is 17.0 Å². The van der Waals surface area contributed by atoms with Crippen molar-refractivity contribution in [3.05, 3.63) is 23.8 Å². The van der Waals surface area contributed by atoms with Crippen LogP contribution < -0.4 is 11.1 Å². The van der Waals surface area contributed by atoms with Gasteiger partial charge < -0.3 is 16.2 Å². The fourth-order valence-electron chi connectivity index (χ4n) is 1.94. The van der Waals surface area contributed by atoms with Gasteiger partial charge in [0.15, 0.2) is 5.82 Å². The van der Waals surface area contributed by atoms with E-state index in [1.54, 1.807) is 0 Å². The summed E-state index contributed by atoms with van der Waals surface area (Å²) in [4.78, 5) is 0. The molecule has 5 heteroatoms. The largest absolute Gasteiger partial charge is 0.396 e. The molecular weight excluding hydrogens is 226 g/mol. The first-order valence-corrected chi connectivity index (χ1v) is 5.66. The molecule has 0 bridgehead atoms. The van der Waals surface area contributed by atoms with Gasteiger partial charge in [-0.05, 0) is 30.7 Å². The first kappa shape index (κ1) is 12.1. The normalized spacial score (nSPS) is 16.9. The maximum Gasteiger partial charge on any atom is 0.151 e. The van der Waals surface area contributed by atoms with E-state index in [9.17, 15) is 8.78 Å². The minimum atomic E-state index is -0.750. The Morgan fingerprint density at radius 3 is 2.65 bits per heavy atom. The summed E-state index contributed by atoms with van der Waals surface area (Å²) in [6, 6.07) is 1.95. The first-order valence-electron chi connectivity index (χ1n) is 5.66. The molecule has 1 fully saturated rings. The average molecular weight is 242 g/mol. The third kappa shape index (κ3) is 2.66. The van der Waals surface area contributed by atoms with Crippen molar-refractivity contribution in [2.45, 2.75) is 19.3 Å². The predicted molar refractivity (Wildman–Crippen MR) is 62.6 cm³/mol. The second kappa shape index (κ2) is 4.49. The molecule has 0 radical (unpaired) electrons. The molecule has 1 aliphatic carbocycles. The highest BCUT2D eigenvalue weighted by molar-refractivity contribution is 5.66. The molecule has 17 heavy (non-hydrogen) atoms. The van der Waals surface area contributed by atoms with Gasteiger partial charge in [0.2, 0.25) is 0 Å². The number of nitrogens with two attached hydrogens (primary N) is 1. The van der Waals surface area contributed by atoms with Gasteiger partial charge in [-0.3, -0.25) is 0 Å². The third-order valence-corrected chi connectivity index (χ3v) is 3.35. The van der Waals surface area contributed by atoms with Gasteiger partial charge in [0.1, 0.15) is 5.82 Å². The lowest BCUT2D eigenvalue weighted by molar-refractivity contribution is 0.253.